The maximum absolute atomic E-state index is 11.8. The summed E-state index contributed by atoms with van der Waals surface area (Å²) in [5.74, 6) is -0.371. The van der Waals surface area contributed by atoms with Crippen molar-refractivity contribution in [3.05, 3.63) is 60.2 Å². The van der Waals surface area contributed by atoms with Crippen LogP contribution < -0.4 is 0 Å². The van der Waals surface area contributed by atoms with E-state index >= 15 is 0 Å². The molecule has 0 saturated carbocycles. The summed E-state index contributed by atoms with van der Waals surface area (Å²) >= 11 is 0. The summed E-state index contributed by atoms with van der Waals surface area (Å²) in [6.45, 7) is 0. The molecule has 0 fully saturated rings. The molecule has 0 spiro atoms. The lowest BCUT2D eigenvalue weighted by molar-refractivity contribution is 0.0601. The number of carbonyl (C=O) groups excluding carboxylic acids is 1. The van der Waals surface area contributed by atoms with E-state index in [1.54, 1.807) is 12.1 Å². The van der Waals surface area contributed by atoms with Gasteiger partial charge >= 0.3 is 5.97 Å². The fraction of sp³-hybridized carbons (Fsp3) is 0.0500. The van der Waals surface area contributed by atoms with Crippen LogP contribution in [0.1, 0.15) is 10.4 Å². The second kappa shape index (κ2) is 4.61. The first-order chi connectivity index (χ1) is 11.8. The van der Waals surface area contributed by atoms with Gasteiger partial charge in [-0.1, -0.05) is 36.4 Å². The van der Waals surface area contributed by atoms with E-state index in [0.29, 0.717) is 11.1 Å². The highest BCUT2D eigenvalue weighted by Crippen LogP contribution is 2.45. The van der Waals surface area contributed by atoms with Gasteiger partial charge < -0.3 is 4.74 Å². The number of esters is 1. The first-order valence-corrected chi connectivity index (χ1v) is 7.69. The Morgan fingerprint density at radius 3 is 2.21 bits per heavy atom. The van der Waals surface area contributed by atoms with Gasteiger partial charge in [0.05, 0.1) is 35.1 Å². The molecule has 0 saturated heterocycles. The molecule has 3 aromatic carbocycles. The Bertz CT molecular complexity index is 1160. The number of aromatic nitrogens is 2. The van der Waals surface area contributed by atoms with Gasteiger partial charge in [0.15, 0.2) is 0 Å². The minimum atomic E-state index is -0.371. The minimum absolute atomic E-state index is 0.371. The van der Waals surface area contributed by atoms with E-state index in [-0.39, 0.29) is 5.97 Å². The minimum Gasteiger partial charge on any atom is -0.465 e. The van der Waals surface area contributed by atoms with Gasteiger partial charge in [-0.15, -0.1) is 0 Å². The SMILES string of the molecule is COC(=O)c1ccc2nc3c(nc2c1)-c1cccc2cccc-3c12. The predicted octanol–water partition coefficient (Wildman–Crippen LogP) is 4.22. The summed E-state index contributed by atoms with van der Waals surface area (Å²) in [5.41, 5.74) is 5.93. The molecule has 4 nitrogen and oxygen atoms in total. The summed E-state index contributed by atoms with van der Waals surface area (Å²) in [5, 5.41) is 2.38. The Morgan fingerprint density at radius 2 is 1.54 bits per heavy atom. The van der Waals surface area contributed by atoms with Crippen molar-refractivity contribution < 1.29 is 9.53 Å². The molecule has 0 N–H and O–H groups in total. The first kappa shape index (κ1) is 13.2. The van der Waals surface area contributed by atoms with Crippen LogP contribution in [-0.2, 0) is 4.74 Å². The number of fused-ring (bicyclic) bond motifs is 4. The molecule has 4 aromatic rings. The number of hydrogen-bond donors (Lipinski definition) is 0. The molecule has 24 heavy (non-hydrogen) atoms. The predicted molar refractivity (Wildman–Crippen MR) is 92.8 cm³/mol. The monoisotopic (exact) mass is 312 g/mol. The van der Waals surface area contributed by atoms with Gasteiger partial charge in [0.25, 0.3) is 0 Å². The van der Waals surface area contributed by atoms with E-state index in [0.717, 1.165) is 28.0 Å². The van der Waals surface area contributed by atoms with Crippen molar-refractivity contribution in [1.82, 2.24) is 9.97 Å². The Labute approximate surface area is 137 Å². The maximum Gasteiger partial charge on any atom is 0.337 e. The lowest BCUT2D eigenvalue weighted by Crippen LogP contribution is -2.01. The molecular weight excluding hydrogens is 300 g/mol. The van der Waals surface area contributed by atoms with Gasteiger partial charge in [0.2, 0.25) is 0 Å². The number of methoxy groups -OCH3 is 1. The molecule has 1 aliphatic rings. The van der Waals surface area contributed by atoms with E-state index in [4.69, 9.17) is 14.7 Å². The fourth-order valence-electron chi connectivity index (χ4n) is 3.41. The smallest absolute Gasteiger partial charge is 0.337 e. The van der Waals surface area contributed by atoms with Crippen LogP contribution in [0.3, 0.4) is 0 Å². The van der Waals surface area contributed by atoms with E-state index in [1.807, 2.05) is 18.2 Å². The summed E-state index contributed by atoms with van der Waals surface area (Å²) in [7, 11) is 1.37. The number of rotatable bonds is 1. The Hall–Kier alpha value is -3.27. The molecule has 0 amide bonds. The van der Waals surface area contributed by atoms with Crippen LogP contribution in [0.25, 0.3) is 44.3 Å². The van der Waals surface area contributed by atoms with Gasteiger partial charge in [-0.05, 0) is 23.6 Å². The van der Waals surface area contributed by atoms with Crippen LogP contribution in [-0.4, -0.2) is 23.0 Å². The van der Waals surface area contributed by atoms with Crippen LogP contribution >= 0.6 is 0 Å². The number of hydrogen-bond acceptors (Lipinski definition) is 4. The molecule has 1 aromatic heterocycles. The van der Waals surface area contributed by atoms with Gasteiger partial charge in [0, 0.05) is 16.5 Å². The van der Waals surface area contributed by atoms with Gasteiger partial charge in [0.1, 0.15) is 0 Å². The van der Waals surface area contributed by atoms with Crippen LogP contribution in [0.5, 0.6) is 0 Å². The standard InChI is InChI=1S/C20H12N2O2/c1-24-20(23)12-8-9-15-16(10-12)22-19-14-7-3-5-11-4-2-6-13(17(11)14)18(19)21-15/h2-10H,1H3. The summed E-state index contributed by atoms with van der Waals surface area (Å²) in [4.78, 5) is 21.4. The fourth-order valence-corrected chi connectivity index (χ4v) is 3.41. The number of carbonyl (C=O) groups is 1. The van der Waals surface area contributed by atoms with Crippen molar-refractivity contribution >= 4 is 27.8 Å². The summed E-state index contributed by atoms with van der Waals surface area (Å²) < 4.78 is 4.79. The van der Waals surface area contributed by atoms with Crippen LogP contribution in [0.2, 0.25) is 0 Å². The zero-order valence-electron chi connectivity index (χ0n) is 12.9. The first-order valence-electron chi connectivity index (χ1n) is 7.69. The lowest BCUT2D eigenvalue weighted by atomic mass is 10.0. The maximum atomic E-state index is 11.8. The summed E-state index contributed by atoms with van der Waals surface area (Å²) in [6.07, 6.45) is 0. The second-order valence-electron chi connectivity index (χ2n) is 5.83. The van der Waals surface area contributed by atoms with E-state index in [1.165, 1.54) is 17.9 Å². The number of ether oxygens (including phenoxy) is 1. The number of benzene rings is 3. The average Bonchev–Trinajstić information content (AvgIpc) is 2.94. The van der Waals surface area contributed by atoms with Gasteiger partial charge in [-0.3, -0.25) is 0 Å². The second-order valence-corrected chi connectivity index (χ2v) is 5.83. The van der Waals surface area contributed by atoms with E-state index in [2.05, 4.69) is 24.3 Å². The van der Waals surface area contributed by atoms with E-state index < -0.39 is 0 Å². The van der Waals surface area contributed by atoms with Gasteiger partial charge in [-0.2, -0.15) is 0 Å². The molecule has 0 bridgehead atoms. The average molecular weight is 312 g/mol. The zero-order valence-corrected chi connectivity index (χ0v) is 12.9. The normalized spacial score (nSPS) is 11.7. The molecule has 0 unspecified atom stereocenters. The third-order valence-corrected chi connectivity index (χ3v) is 4.50. The van der Waals surface area contributed by atoms with Crippen molar-refractivity contribution in [2.75, 3.05) is 7.11 Å². The molecule has 114 valence electrons. The topological polar surface area (TPSA) is 52.1 Å². The van der Waals surface area contributed by atoms with Crippen molar-refractivity contribution in [2.45, 2.75) is 0 Å². The molecule has 5 rings (SSSR count). The highest BCUT2D eigenvalue weighted by Gasteiger charge is 2.24. The molecule has 0 aliphatic heterocycles. The molecule has 0 atom stereocenters. The highest BCUT2D eigenvalue weighted by atomic mass is 16.5. The summed E-state index contributed by atoms with van der Waals surface area (Å²) in [6, 6.07) is 17.7. The van der Waals surface area contributed by atoms with E-state index in [9.17, 15) is 4.79 Å². The molecule has 0 radical (unpaired) electrons. The van der Waals surface area contributed by atoms with Gasteiger partial charge in [-0.25, -0.2) is 14.8 Å². The number of nitrogens with zero attached hydrogens (tertiary/aromatic N) is 2. The quantitative estimate of drug-likeness (QED) is 0.435. The Morgan fingerprint density at radius 1 is 0.875 bits per heavy atom. The zero-order chi connectivity index (χ0) is 16.3. The highest BCUT2D eigenvalue weighted by molar-refractivity contribution is 6.14. The molecule has 1 heterocycles. The third-order valence-electron chi connectivity index (χ3n) is 4.50. The van der Waals surface area contributed by atoms with Crippen molar-refractivity contribution in [3.63, 3.8) is 0 Å². The molecular formula is C20H12N2O2. The van der Waals surface area contributed by atoms with Crippen LogP contribution in [0, 0.1) is 0 Å². The Balaban J connectivity index is 1.84. The Kier molecular flexibility index (Phi) is 2.54. The van der Waals surface area contributed by atoms with Crippen LogP contribution in [0.15, 0.2) is 54.6 Å². The van der Waals surface area contributed by atoms with Crippen molar-refractivity contribution in [2.24, 2.45) is 0 Å². The van der Waals surface area contributed by atoms with Crippen molar-refractivity contribution in [3.8, 4) is 22.5 Å². The third kappa shape index (κ3) is 1.65. The van der Waals surface area contributed by atoms with Crippen LogP contribution in [0.4, 0.5) is 0 Å². The molecule has 4 heteroatoms. The molecule has 1 aliphatic carbocycles. The largest absolute Gasteiger partial charge is 0.465 e. The lowest BCUT2D eigenvalue weighted by Gasteiger charge is -2.05. The van der Waals surface area contributed by atoms with Crippen molar-refractivity contribution in [1.29, 1.82) is 0 Å².